The van der Waals surface area contributed by atoms with E-state index < -0.39 is 11.7 Å². The van der Waals surface area contributed by atoms with Crippen molar-refractivity contribution in [3.63, 3.8) is 0 Å². The van der Waals surface area contributed by atoms with Crippen LogP contribution >= 0.6 is 0 Å². The molecular formula is C12H12F3N5O. The number of aryl methyl sites for hydroxylation is 2. The van der Waals surface area contributed by atoms with E-state index in [-0.39, 0.29) is 17.1 Å². The molecule has 0 amide bonds. The van der Waals surface area contributed by atoms with Gasteiger partial charge in [-0.05, 0) is 19.9 Å². The molecule has 0 bridgehead atoms. The first-order chi connectivity index (χ1) is 9.74. The summed E-state index contributed by atoms with van der Waals surface area (Å²) < 4.78 is 39.0. The molecule has 0 spiro atoms. The Balaban J connectivity index is 2.66. The normalized spacial score (nSPS) is 12.7. The zero-order valence-electron chi connectivity index (χ0n) is 11.2. The number of hydrogen-bond acceptors (Lipinski definition) is 4. The fourth-order valence-electron chi connectivity index (χ4n) is 1.96. The highest BCUT2D eigenvalue weighted by Crippen LogP contribution is 2.29. The molecule has 2 aromatic heterocycles. The van der Waals surface area contributed by atoms with Crippen molar-refractivity contribution in [2.45, 2.75) is 20.0 Å². The van der Waals surface area contributed by atoms with Crippen LogP contribution in [0.5, 0.6) is 0 Å². The number of halogens is 3. The van der Waals surface area contributed by atoms with E-state index in [1.807, 2.05) is 0 Å². The van der Waals surface area contributed by atoms with Gasteiger partial charge in [-0.15, -0.1) is 0 Å². The fraction of sp³-hybridized carbons (Fsp3) is 0.250. The molecular weight excluding hydrogens is 287 g/mol. The quantitative estimate of drug-likeness (QED) is 0.384. The predicted octanol–water partition coefficient (Wildman–Crippen LogP) is 2.00. The van der Waals surface area contributed by atoms with Crippen molar-refractivity contribution < 1.29 is 18.4 Å². The number of rotatable bonds is 2. The van der Waals surface area contributed by atoms with Crippen LogP contribution in [-0.2, 0) is 6.18 Å². The first-order valence-electron chi connectivity index (χ1n) is 5.82. The van der Waals surface area contributed by atoms with E-state index in [2.05, 4.69) is 15.2 Å². The van der Waals surface area contributed by atoms with E-state index in [4.69, 9.17) is 10.9 Å². The minimum Gasteiger partial charge on any atom is -0.409 e. The second-order valence-corrected chi connectivity index (χ2v) is 4.40. The van der Waals surface area contributed by atoms with Crippen molar-refractivity contribution in [1.29, 1.82) is 0 Å². The number of amidine groups is 1. The molecule has 2 rings (SSSR count). The molecule has 0 radical (unpaired) electrons. The van der Waals surface area contributed by atoms with Crippen molar-refractivity contribution in [3.05, 3.63) is 41.0 Å². The fourth-order valence-corrected chi connectivity index (χ4v) is 1.96. The number of nitrogens with two attached hydrogens (primary N) is 1. The van der Waals surface area contributed by atoms with Gasteiger partial charge in [0.05, 0.1) is 28.7 Å². The Morgan fingerprint density at radius 3 is 2.57 bits per heavy atom. The van der Waals surface area contributed by atoms with Gasteiger partial charge in [0.15, 0.2) is 5.84 Å². The van der Waals surface area contributed by atoms with E-state index in [9.17, 15) is 13.2 Å². The second kappa shape index (κ2) is 5.08. The maximum atomic E-state index is 12.6. The minimum atomic E-state index is -4.49. The van der Waals surface area contributed by atoms with Crippen LogP contribution in [0.4, 0.5) is 13.2 Å². The Bertz CT molecular complexity index is 705. The molecule has 9 heteroatoms. The Morgan fingerprint density at radius 1 is 1.38 bits per heavy atom. The number of nitrogens with zero attached hydrogens (tertiary/aromatic N) is 4. The van der Waals surface area contributed by atoms with Crippen LogP contribution < -0.4 is 5.73 Å². The zero-order chi connectivity index (χ0) is 15.8. The number of alkyl halides is 3. The average molecular weight is 299 g/mol. The molecule has 2 heterocycles. The van der Waals surface area contributed by atoms with Crippen LogP contribution in [0.25, 0.3) is 5.69 Å². The van der Waals surface area contributed by atoms with Crippen molar-refractivity contribution in [3.8, 4) is 5.69 Å². The standard InChI is InChI=1S/C12H12F3N5O/c1-6-3-9(10(7(2)18-6)11(16)19-21)20-5-8(4-17-20)12(13,14)15/h3-5,21H,1-2H3,(H2,16,19). The van der Waals surface area contributed by atoms with E-state index in [1.54, 1.807) is 13.8 Å². The van der Waals surface area contributed by atoms with E-state index in [1.165, 1.54) is 6.07 Å². The highest BCUT2D eigenvalue weighted by molar-refractivity contribution is 6.01. The van der Waals surface area contributed by atoms with Crippen molar-refractivity contribution >= 4 is 5.84 Å². The first-order valence-corrected chi connectivity index (χ1v) is 5.82. The highest BCUT2D eigenvalue weighted by atomic mass is 19.4. The summed E-state index contributed by atoms with van der Waals surface area (Å²) in [7, 11) is 0. The third-order valence-corrected chi connectivity index (χ3v) is 2.83. The van der Waals surface area contributed by atoms with Gasteiger partial charge < -0.3 is 10.9 Å². The molecule has 112 valence electrons. The molecule has 3 N–H and O–H groups in total. The van der Waals surface area contributed by atoms with Crippen molar-refractivity contribution in [2.75, 3.05) is 0 Å². The lowest BCUT2D eigenvalue weighted by Crippen LogP contribution is -2.19. The largest absolute Gasteiger partial charge is 0.419 e. The van der Waals surface area contributed by atoms with Gasteiger partial charge in [0, 0.05) is 11.9 Å². The molecule has 21 heavy (non-hydrogen) atoms. The SMILES string of the molecule is Cc1cc(-n2cc(C(F)(F)F)cn2)c(/C(N)=N/O)c(C)n1. The molecule has 0 fully saturated rings. The van der Waals surface area contributed by atoms with E-state index in [0.29, 0.717) is 17.6 Å². The van der Waals surface area contributed by atoms with E-state index >= 15 is 0 Å². The van der Waals surface area contributed by atoms with E-state index in [0.717, 1.165) is 10.9 Å². The Kier molecular flexibility index (Phi) is 3.58. The van der Waals surface area contributed by atoms with Gasteiger partial charge in [0.1, 0.15) is 0 Å². The first kappa shape index (κ1) is 14.8. The monoisotopic (exact) mass is 299 g/mol. The second-order valence-electron chi connectivity index (χ2n) is 4.40. The van der Waals surface area contributed by atoms with Gasteiger partial charge in [0.2, 0.25) is 0 Å². The molecule has 0 aliphatic rings. The summed E-state index contributed by atoms with van der Waals surface area (Å²) >= 11 is 0. The summed E-state index contributed by atoms with van der Waals surface area (Å²) in [6.45, 7) is 3.29. The summed E-state index contributed by atoms with van der Waals surface area (Å²) in [5.41, 5.74) is 6.15. The molecule has 0 aromatic carbocycles. The molecule has 0 aliphatic heterocycles. The molecule has 0 aliphatic carbocycles. The van der Waals surface area contributed by atoms with Crippen molar-refractivity contribution in [1.82, 2.24) is 14.8 Å². The van der Waals surface area contributed by atoms with Gasteiger partial charge in [-0.3, -0.25) is 4.98 Å². The lowest BCUT2D eigenvalue weighted by Gasteiger charge is -2.12. The van der Waals surface area contributed by atoms with Crippen LogP contribution in [0.1, 0.15) is 22.5 Å². The van der Waals surface area contributed by atoms with Gasteiger partial charge in [-0.1, -0.05) is 5.16 Å². The van der Waals surface area contributed by atoms with Gasteiger partial charge >= 0.3 is 6.18 Å². The molecule has 6 nitrogen and oxygen atoms in total. The van der Waals surface area contributed by atoms with Gasteiger partial charge in [-0.2, -0.15) is 18.3 Å². The lowest BCUT2D eigenvalue weighted by atomic mass is 10.1. The predicted molar refractivity (Wildman–Crippen MR) is 68.3 cm³/mol. The number of oxime groups is 1. The smallest absolute Gasteiger partial charge is 0.409 e. The van der Waals surface area contributed by atoms with Crippen molar-refractivity contribution in [2.24, 2.45) is 10.9 Å². The molecule has 2 aromatic rings. The average Bonchev–Trinajstić information content (AvgIpc) is 2.86. The van der Waals surface area contributed by atoms with Crippen LogP contribution in [-0.4, -0.2) is 25.8 Å². The number of pyridine rings is 1. The Morgan fingerprint density at radius 2 is 2.05 bits per heavy atom. The van der Waals surface area contributed by atoms with Crippen LogP contribution in [0, 0.1) is 13.8 Å². The topological polar surface area (TPSA) is 89.3 Å². The summed E-state index contributed by atoms with van der Waals surface area (Å²) in [5.74, 6) is -0.251. The molecule has 0 atom stereocenters. The van der Waals surface area contributed by atoms with Crippen LogP contribution in [0.3, 0.4) is 0 Å². The minimum absolute atomic E-state index is 0.222. The molecule has 0 saturated carbocycles. The van der Waals surface area contributed by atoms with Crippen LogP contribution in [0.15, 0.2) is 23.6 Å². The number of aromatic nitrogens is 3. The molecule has 0 unspecified atom stereocenters. The summed E-state index contributed by atoms with van der Waals surface area (Å²) in [4.78, 5) is 4.15. The maximum absolute atomic E-state index is 12.6. The highest BCUT2D eigenvalue weighted by Gasteiger charge is 2.32. The summed E-state index contributed by atoms with van der Waals surface area (Å²) in [6.07, 6.45) is -2.95. The summed E-state index contributed by atoms with van der Waals surface area (Å²) in [5, 5.41) is 15.4. The number of hydrogen-bond donors (Lipinski definition) is 2. The Hall–Kier alpha value is -2.58. The Labute approximate surface area is 117 Å². The third kappa shape index (κ3) is 2.81. The van der Waals surface area contributed by atoms with Gasteiger partial charge in [-0.25, -0.2) is 4.68 Å². The van der Waals surface area contributed by atoms with Crippen LogP contribution in [0.2, 0.25) is 0 Å². The third-order valence-electron chi connectivity index (χ3n) is 2.83. The lowest BCUT2D eigenvalue weighted by molar-refractivity contribution is -0.137. The van der Waals surface area contributed by atoms with Gasteiger partial charge in [0.25, 0.3) is 0 Å². The zero-order valence-corrected chi connectivity index (χ0v) is 11.2. The summed E-state index contributed by atoms with van der Waals surface area (Å²) in [6, 6.07) is 1.51. The molecule has 0 saturated heterocycles. The maximum Gasteiger partial charge on any atom is 0.419 e.